The first-order valence-electron chi connectivity index (χ1n) is 6.12. The lowest BCUT2D eigenvalue weighted by molar-refractivity contribution is -0.142. The molecule has 0 fully saturated rings. The Morgan fingerprint density at radius 3 is 2.86 bits per heavy atom. The van der Waals surface area contributed by atoms with E-state index in [2.05, 4.69) is 15.3 Å². The molecule has 112 valence electrons. The number of hydrogen-bond donors (Lipinski definition) is 2. The Hall–Kier alpha value is -1.86. The van der Waals surface area contributed by atoms with Gasteiger partial charge in [-0.05, 0) is 17.9 Å². The molecule has 0 bridgehead atoms. The molecule has 0 radical (unpaired) electrons. The van der Waals surface area contributed by atoms with Crippen molar-refractivity contribution >= 4 is 34.8 Å². The van der Waals surface area contributed by atoms with Gasteiger partial charge >= 0.3 is 5.97 Å². The Morgan fingerprint density at radius 2 is 2.33 bits per heavy atom. The lowest BCUT2D eigenvalue weighted by Crippen LogP contribution is -2.43. The second kappa shape index (κ2) is 6.73. The molecule has 8 heteroatoms. The van der Waals surface area contributed by atoms with E-state index in [0.29, 0.717) is 9.90 Å². The summed E-state index contributed by atoms with van der Waals surface area (Å²) in [4.78, 5) is 31.2. The van der Waals surface area contributed by atoms with Crippen LogP contribution in [0.2, 0.25) is 5.02 Å². The van der Waals surface area contributed by atoms with Crippen molar-refractivity contribution in [3.63, 3.8) is 0 Å². The Bertz CT molecular complexity index is 639. The normalized spacial score (nSPS) is 12.0. The highest BCUT2D eigenvalue weighted by Gasteiger charge is 2.25. The van der Waals surface area contributed by atoms with Gasteiger partial charge in [-0.3, -0.25) is 4.79 Å². The van der Waals surface area contributed by atoms with Crippen LogP contribution in [0.5, 0.6) is 0 Å². The molecule has 2 heterocycles. The third-order valence-electron chi connectivity index (χ3n) is 2.88. The number of carbonyl (C=O) groups is 2. The van der Waals surface area contributed by atoms with Crippen LogP contribution in [0.25, 0.3) is 0 Å². The summed E-state index contributed by atoms with van der Waals surface area (Å²) in [7, 11) is 1.27. The number of carbonyl (C=O) groups excluding carboxylic acids is 2. The smallest absolute Gasteiger partial charge is 0.328 e. The second-order valence-electron chi connectivity index (χ2n) is 4.39. The molecular formula is C13H14ClN3O3S. The van der Waals surface area contributed by atoms with Crippen LogP contribution in [0, 0.1) is 6.92 Å². The topological polar surface area (TPSA) is 84.1 Å². The van der Waals surface area contributed by atoms with Gasteiger partial charge in [-0.15, -0.1) is 11.3 Å². The maximum Gasteiger partial charge on any atom is 0.328 e. The number of nitrogens with one attached hydrogen (secondary N) is 2. The summed E-state index contributed by atoms with van der Waals surface area (Å²) in [5.74, 6) is -0.921. The first-order chi connectivity index (χ1) is 10.0. The molecule has 1 amide bonds. The molecule has 0 spiro atoms. The first-order valence-corrected chi connectivity index (χ1v) is 7.38. The summed E-state index contributed by atoms with van der Waals surface area (Å²) in [5, 5.41) is 4.84. The third-order valence-corrected chi connectivity index (χ3v) is 4.57. The number of methoxy groups -OCH3 is 1. The van der Waals surface area contributed by atoms with Crippen LogP contribution >= 0.6 is 22.9 Å². The van der Waals surface area contributed by atoms with Crippen LogP contribution in [-0.4, -0.2) is 35.0 Å². The molecule has 2 aromatic heterocycles. The van der Waals surface area contributed by atoms with Crippen LogP contribution in [0.4, 0.5) is 0 Å². The van der Waals surface area contributed by atoms with Gasteiger partial charge in [0.05, 0.1) is 18.5 Å². The fraction of sp³-hybridized carbons (Fsp3) is 0.308. The van der Waals surface area contributed by atoms with Crippen molar-refractivity contribution in [1.82, 2.24) is 15.3 Å². The number of nitrogens with zero attached hydrogens (tertiary/aromatic N) is 1. The minimum absolute atomic E-state index is 0.264. The Morgan fingerprint density at radius 1 is 1.57 bits per heavy atom. The van der Waals surface area contributed by atoms with Crippen LogP contribution in [0.15, 0.2) is 17.9 Å². The van der Waals surface area contributed by atoms with Crippen molar-refractivity contribution in [2.75, 3.05) is 7.11 Å². The number of aryl methyl sites for hydroxylation is 1. The molecule has 2 N–H and O–H groups in total. The van der Waals surface area contributed by atoms with Crippen LogP contribution in [0.3, 0.4) is 0 Å². The minimum Gasteiger partial charge on any atom is -0.467 e. The van der Waals surface area contributed by atoms with Gasteiger partial charge in [-0.1, -0.05) is 11.6 Å². The second-order valence-corrected chi connectivity index (χ2v) is 5.65. The number of H-pyrrole nitrogens is 1. The monoisotopic (exact) mass is 327 g/mol. The van der Waals surface area contributed by atoms with Crippen LogP contribution in [-0.2, 0) is 16.0 Å². The number of amides is 1. The molecule has 0 aliphatic rings. The number of imidazole rings is 1. The number of esters is 1. The van der Waals surface area contributed by atoms with Gasteiger partial charge in [0.15, 0.2) is 0 Å². The zero-order valence-electron chi connectivity index (χ0n) is 11.5. The molecule has 0 saturated carbocycles. The number of thiophene rings is 1. The fourth-order valence-corrected chi connectivity index (χ4v) is 2.94. The summed E-state index contributed by atoms with van der Waals surface area (Å²) < 4.78 is 4.72. The number of rotatable bonds is 5. The van der Waals surface area contributed by atoms with Crippen LogP contribution in [0.1, 0.15) is 20.9 Å². The van der Waals surface area contributed by atoms with E-state index >= 15 is 0 Å². The van der Waals surface area contributed by atoms with Gasteiger partial charge in [0, 0.05) is 18.3 Å². The lowest BCUT2D eigenvalue weighted by Gasteiger charge is -2.15. The maximum atomic E-state index is 12.2. The summed E-state index contributed by atoms with van der Waals surface area (Å²) >= 11 is 7.30. The third kappa shape index (κ3) is 3.62. The Kier molecular flexibility index (Phi) is 4.98. The largest absolute Gasteiger partial charge is 0.467 e. The van der Waals surface area contributed by atoms with Gasteiger partial charge < -0.3 is 15.0 Å². The van der Waals surface area contributed by atoms with Crippen molar-refractivity contribution in [1.29, 1.82) is 0 Å². The highest BCUT2D eigenvalue weighted by molar-refractivity contribution is 7.13. The van der Waals surface area contributed by atoms with E-state index in [-0.39, 0.29) is 6.42 Å². The summed E-state index contributed by atoms with van der Waals surface area (Å²) in [6.45, 7) is 1.82. The zero-order valence-corrected chi connectivity index (χ0v) is 13.0. The van der Waals surface area contributed by atoms with Crippen molar-refractivity contribution < 1.29 is 14.3 Å². The minimum atomic E-state index is -0.804. The number of halogens is 1. The van der Waals surface area contributed by atoms with E-state index in [1.165, 1.54) is 24.8 Å². The number of hydrogen-bond acceptors (Lipinski definition) is 5. The quantitative estimate of drug-likeness (QED) is 0.822. The van der Waals surface area contributed by atoms with E-state index in [0.717, 1.165) is 11.3 Å². The van der Waals surface area contributed by atoms with Gasteiger partial charge in [-0.2, -0.15) is 0 Å². The predicted octanol–water partition coefficient (Wildman–Crippen LogP) is 1.95. The molecule has 0 aliphatic heterocycles. The molecule has 0 aliphatic carbocycles. The first kappa shape index (κ1) is 15.5. The van der Waals surface area contributed by atoms with E-state index in [1.807, 2.05) is 6.92 Å². The van der Waals surface area contributed by atoms with E-state index < -0.39 is 17.9 Å². The standard InChI is InChI=1S/C13H14ClN3O3S/c1-7-5-21-11(10(7)14)12(18)17-9(13(19)20-2)3-8-4-15-6-16-8/h4-6,9H,3H2,1-2H3,(H,15,16)(H,17,18)/t9-/m0/s1. The SMILES string of the molecule is COC(=O)[C@H](Cc1cnc[nH]1)NC(=O)c1scc(C)c1Cl. The average molecular weight is 328 g/mol. The molecule has 21 heavy (non-hydrogen) atoms. The van der Waals surface area contributed by atoms with E-state index in [4.69, 9.17) is 16.3 Å². The molecule has 2 aromatic rings. The van der Waals surface area contributed by atoms with Gasteiger partial charge in [0.25, 0.3) is 5.91 Å². The zero-order chi connectivity index (χ0) is 15.4. The molecule has 0 unspecified atom stereocenters. The highest BCUT2D eigenvalue weighted by Crippen LogP contribution is 2.27. The molecule has 1 atom stereocenters. The van der Waals surface area contributed by atoms with E-state index in [1.54, 1.807) is 11.6 Å². The lowest BCUT2D eigenvalue weighted by atomic mass is 10.1. The summed E-state index contributed by atoms with van der Waals surface area (Å²) in [6.07, 6.45) is 3.36. The molecule has 0 aromatic carbocycles. The van der Waals surface area contributed by atoms with Crippen molar-refractivity contribution in [3.05, 3.63) is 39.1 Å². The Balaban J connectivity index is 2.13. The van der Waals surface area contributed by atoms with Gasteiger partial charge in [0.1, 0.15) is 10.9 Å². The number of ether oxygens (including phenoxy) is 1. The summed E-state index contributed by atoms with van der Waals surface area (Å²) in [5.41, 5.74) is 1.55. The maximum absolute atomic E-state index is 12.2. The summed E-state index contributed by atoms with van der Waals surface area (Å²) in [6, 6.07) is -0.804. The average Bonchev–Trinajstić information content (AvgIpc) is 3.08. The van der Waals surface area contributed by atoms with Gasteiger partial charge in [0.2, 0.25) is 0 Å². The van der Waals surface area contributed by atoms with Crippen molar-refractivity contribution in [3.8, 4) is 0 Å². The Labute approximate surface area is 130 Å². The molecule has 0 saturated heterocycles. The predicted molar refractivity (Wildman–Crippen MR) is 79.6 cm³/mol. The number of aromatic amines is 1. The van der Waals surface area contributed by atoms with Gasteiger partial charge in [-0.25, -0.2) is 9.78 Å². The fourth-order valence-electron chi connectivity index (χ4n) is 1.76. The van der Waals surface area contributed by atoms with Crippen molar-refractivity contribution in [2.24, 2.45) is 0 Å². The molecule has 2 rings (SSSR count). The number of aromatic nitrogens is 2. The molecule has 6 nitrogen and oxygen atoms in total. The molecular weight excluding hydrogens is 314 g/mol. The highest BCUT2D eigenvalue weighted by atomic mass is 35.5. The van der Waals surface area contributed by atoms with Crippen LogP contribution < -0.4 is 5.32 Å². The van der Waals surface area contributed by atoms with Crippen molar-refractivity contribution in [2.45, 2.75) is 19.4 Å². The van der Waals surface area contributed by atoms with E-state index in [9.17, 15) is 9.59 Å².